The molecule has 1 saturated carbocycles. The molecule has 0 atom stereocenters. The van der Waals surface area contributed by atoms with E-state index in [4.69, 9.17) is 9.84 Å². The minimum absolute atomic E-state index is 0.0150. The molecule has 0 aromatic heterocycles. The highest BCUT2D eigenvalue weighted by atomic mass is 19.3. The number of hydrogen-bond donors (Lipinski definition) is 2. The molecule has 0 bridgehead atoms. The summed E-state index contributed by atoms with van der Waals surface area (Å²) in [6.07, 6.45) is 4.54. The van der Waals surface area contributed by atoms with Crippen molar-refractivity contribution in [3.8, 4) is 5.75 Å². The number of alkyl halides is 2. The van der Waals surface area contributed by atoms with Gasteiger partial charge < -0.3 is 15.2 Å². The van der Waals surface area contributed by atoms with Crippen LogP contribution >= 0.6 is 0 Å². The molecular weight excluding hydrogens is 388 g/mol. The highest BCUT2D eigenvalue weighted by molar-refractivity contribution is 5.91. The second-order valence-corrected chi connectivity index (χ2v) is 8.51. The molecule has 0 aliphatic heterocycles. The van der Waals surface area contributed by atoms with Crippen molar-refractivity contribution in [1.82, 2.24) is 5.32 Å². The van der Waals surface area contributed by atoms with Crippen molar-refractivity contribution in [1.29, 1.82) is 0 Å². The molecule has 0 radical (unpaired) electrons. The minimum atomic E-state index is -3.02. The van der Waals surface area contributed by atoms with Gasteiger partial charge in [-0.3, -0.25) is 4.79 Å². The van der Waals surface area contributed by atoms with E-state index in [1.807, 2.05) is 12.1 Å². The lowest BCUT2D eigenvalue weighted by Crippen LogP contribution is -2.24. The van der Waals surface area contributed by atoms with E-state index in [-0.39, 0.29) is 23.8 Å². The number of nitrogens with one attached hydrogen (secondary N) is 1. The molecule has 2 aromatic carbocycles. The fourth-order valence-electron chi connectivity index (χ4n) is 4.22. The van der Waals surface area contributed by atoms with Gasteiger partial charge in [0.1, 0.15) is 5.75 Å². The first kappa shape index (κ1) is 22.5. The van der Waals surface area contributed by atoms with Crippen LogP contribution in [-0.4, -0.2) is 23.7 Å². The zero-order valence-electron chi connectivity index (χ0n) is 17.7. The molecule has 1 aliphatic rings. The Morgan fingerprint density at radius 1 is 1.17 bits per heavy atom. The van der Waals surface area contributed by atoms with Crippen LogP contribution in [0.25, 0.3) is 10.8 Å². The third-order valence-electron chi connectivity index (χ3n) is 5.87. The highest BCUT2D eigenvalue weighted by Crippen LogP contribution is 2.42. The lowest BCUT2D eigenvalue weighted by Gasteiger charge is -2.29. The van der Waals surface area contributed by atoms with E-state index < -0.39 is 11.9 Å². The maximum atomic E-state index is 14.7. The first-order chi connectivity index (χ1) is 14.3. The molecule has 3 rings (SSSR count). The fraction of sp³-hybridized carbons (Fsp3) is 0.542. The van der Waals surface area contributed by atoms with Crippen molar-refractivity contribution < 1.29 is 23.4 Å². The SMILES string of the molecule is CC1CCC(Oc2ccc3c(CNCCCC(=O)O)cccc3c2C(C)(F)F)CC1. The molecule has 0 unspecified atom stereocenters. The number of rotatable bonds is 9. The predicted molar refractivity (Wildman–Crippen MR) is 114 cm³/mol. The Morgan fingerprint density at radius 3 is 2.57 bits per heavy atom. The van der Waals surface area contributed by atoms with Crippen LogP contribution in [0.4, 0.5) is 8.78 Å². The molecule has 0 saturated heterocycles. The van der Waals surface area contributed by atoms with Crippen LogP contribution in [0.2, 0.25) is 0 Å². The van der Waals surface area contributed by atoms with E-state index >= 15 is 0 Å². The van der Waals surface area contributed by atoms with Crippen molar-refractivity contribution in [3.05, 3.63) is 41.5 Å². The van der Waals surface area contributed by atoms with Crippen molar-refractivity contribution in [2.24, 2.45) is 5.92 Å². The van der Waals surface area contributed by atoms with Crippen LogP contribution in [0, 0.1) is 5.92 Å². The lowest BCUT2D eigenvalue weighted by atomic mass is 9.88. The first-order valence-corrected chi connectivity index (χ1v) is 10.8. The number of halogens is 2. The Bertz CT molecular complexity index is 871. The van der Waals surface area contributed by atoms with E-state index in [0.717, 1.165) is 43.6 Å². The van der Waals surface area contributed by atoms with Gasteiger partial charge in [-0.15, -0.1) is 0 Å². The second kappa shape index (κ2) is 9.73. The third kappa shape index (κ3) is 5.69. The van der Waals surface area contributed by atoms with Gasteiger partial charge in [0.2, 0.25) is 0 Å². The van der Waals surface area contributed by atoms with Gasteiger partial charge in [0.25, 0.3) is 5.92 Å². The molecule has 30 heavy (non-hydrogen) atoms. The van der Waals surface area contributed by atoms with Crippen LogP contribution in [0.5, 0.6) is 5.75 Å². The first-order valence-electron chi connectivity index (χ1n) is 10.8. The van der Waals surface area contributed by atoms with Crippen molar-refractivity contribution in [2.45, 2.75) is 70.9 Å². The molecule has 1 fully saturated rings. The summed E-state index contributed by atoms with van der Waals surface area (Å²) in [5.74, 6) is -2.90. The zero-order valence-corrected chi connectivity index (χ0v) is 17.7. The van der Waals surface area contributed by atoms with Crippen LogP contribution in [0.1, 0.15) is 63.5 Å². The number of hydrogen-bond acceptors (Lipinski definition) is 3. The Balaban J connectivity index is 1.84. The minimum Gasteiger partial charge on any atom is -0.490 e. The summed E-state index contributed by atoms with van der Waals surface area (Å²) in [6.45, 7) is 4.19. The third-order valence-corrected chi connectivity index (χ3v) is 5.87. The van der Waals surface area contributed by atoms with Crippen molar-refractivity contribution in [2.75, 3.05) is 6.54 Å². The zero-order chi connectivity index (χ0) is 21.7. The molecule has 4 nitrogen and oxygen atoms in total. The van der Waals surface area contributed by atoms with Crippen LogP contribution in [0.3, 0.4) is 0 Å². The quantitative estimate of drug-likeness (QED) is 0.500. The van der Waals surface area contributed by atoms with Gasteiger partial charge in [0.15, 0.2) is 0 Å². The molecule has 0 amide bonds. The number of benzene rings is 2. The van der Waals surface area contributed by atoms with Crippen LogP contribution < -0.4 is 10.1 Å². The molecule has 164 valence electrons. The molecule has 0 spiro atoms. The normalized spacial score (nSPS) is 19.7. The Kier molecular flexibility index (Phi) is 7.29. The average molecular weight is 420 g/mol. The van der Waals surface area contributed by atoms with E-state index in [2.05, 4.69) is 12.2 Å². The molecule has 2 aromatic rings. The maximum absolute atomic E-state index is 14.7. The van der Waals surface area contributed by atoms with E-state index in [0.29, 0.717) is 30.8 Å². The standard InChI is InChI=1S/C24H31F2NO3/c1-16-8-10-18(11-9-16)30-21-13-12-19-17(15-27-14-4-7-22(28)29)5-3-6-20(19)23(21)24(2,25)26/h3,5-6,12-13,16,18,27H,4,7-11,14-15H2,1-2H3,(H,28,29). The average Bonchev–Trinajstić information content (AvgIpc) is 2.68. The largest absolute Gasteiger partial charge is 0.490 e. The number of carboxylic acids is 1. The summed E-state index contributed by atoms with van der Waals surface area (Å²) in [4.78, 5) is 10.6. The van der Waals surface area contributed by atoms with Crippen LogP contribution in [-0.2, 0) is 17.3 Å². The van der Waals surface area contributed by atoms with Gasteiger partial charge in [-0.25, -0.2) is 8.78 Å². The topological polar surface area (TPSA) is 58.6 Å². The highest BCUT2D eigenvalue weighted by Gasteiger charge is 2.32. The number of carbonyl (C=O) groups is 1. The van der Waals surface area contributed by atoms with Gasteiger partial charge in [0.05, 0.1) is 11.7 Å². The van der Waals surface area contributed by atoms with Gasteiger partial charge >= 0.3 is 5.97 Å². The van der Waals surface area contributed by atoms with Crippen molar-refractivity contribution >= 4 is 16.7 Å². The Morgan fingerprint density at radius 2 is 1.90 bits per heavy atom. The van der Waals surface area contributed by atoms with E-state index in [1.165, 1.54) is 0 Å². The van der Waals surface area contributed by atoms with E-state index in [9.17, 15) is 13.6 Å². The summed E-state index contributed by atoms with van der Waals surface area (Å²) in [5, 5.41) is 13.2. The molecule has 1 aliphatic carbocycles. The monoisotopic (exact) mass is 419 g/mol. The summed E-state index contributed by atoms with van der Waals surface area (Å²) in [6, 6.07) is 8.97. The Hall–Kier alpha value is -2.21. The fourth-order valence-corrected chi connectivity index (χ4v) is 4.22. The van der Waals surface area contributed by atoms with Gasteiger partial charge in [0, 0.05) is 19.9 Å². The van der Waals surface area contributed by atoms with Gasteiger partial charge in [-0.05, 0) is 67.0 Å². The second-order valence-electron chi connectivity index (χ2n) is 8.51. The summed E-state index contributed by atoms with van der Waals surface area (Å²) >= 11 is 0. The molecular formula is C24H31F2NO3. The van der Waals surface area contributed by atoms with Gasteiger partial charge in [-0.2, -0.15) is 0 Å². The van der Waals surface area contributed by atoms with Crippen molar-refractivity contribution in [3.63, 3.8) is 0 Å². The lowest BCUT2D eigenvalue weighted by molar-refractivity contribution is -0.137. The number of aliphatic carboxylic acids is 1. The summed E-state index contributed by atoms with van der Waals surface area (Å²) in [5.41, 5.74) is 0.859. The summed E-state index contributed by atoms with van der Waals surface area (Å²) in [7, 11) is 0. The molecule has 6 heteroatoms. The smallest absolute Gasteiger partial charge is 0.303 e. The Labute approximate surface area is 176 Å². The summed E-state index contributed by atoms with van der Waals surface area (Å²) < 4.78 is 35.4. The van der Waals surface area contributed by atoms with E-state index in [1.54, 1.807) is 18.2 Å². The number of fused-ring (bicyclic) bond motifs is 1. The van der Waals surface area contributed by atoms with Gasteiger partial charge in [-0.1, -0.05) is 31.2 Å². The molecule has 0 heterocycles. The predicted octanol–water partition coefficient (Wildman–Crippen LogP) is 5.86. The molecule has 2 N–H and O–H groups in total. The number of ether oxygens (including phenoxy) is 1. The number of carboxylic acid groups (broad SMARTS) is 1. The maximum Gasteiger partial charge on any atom is 0.303 e. The van der Waals surface area contributed by atoms with Crippen LogP contribution in [0.15, 0.2) is 30.3 Å².